The van der Waals surface area contributed by atoms with Crippen LogP contribution in [-0.4, -0.2) is 4.57 Å². The van der Waals surface area contributed by atoms with Gasteiger partial charge in [0.15, 0.2) is 0 Å². The van der Waals surface area contributed by atoms with Gasteiger partial charge in [-0.2, -0.15) is 0 Å². The average molecular weight is 684 g/mol. The maximum Gasteiger partial charge on any atom is 0.0640 e. The topological polar surface area (TPSA) is 4.93 Å². The predicted molar refractivity (Wildman–Crippen MR) is 223 cm³/mol. The van der Waals surface area contributed by atoms with Gasteiger partial charge in [-0.3, -0.25) is 0 Å². The Bertz CT molecular complexity index is 3030. The highest BCUT2D eigenvalue weighted by atomic mass is 32.1. The summed E-state index contributed by atoms with van der Waals surface area (Å²) in [6, 6.07) is 64.9. The normalized spacial score (nSPS) is 11.9. The Labute approximate surface area is 302 Å². The highest BCUT2D eigenvalue weighted by molar-refractivity contribution is 7.26. The molecular formula is C48H29NS2. The van der Waals surface area contributed by atoms with Crippen molar-refractivity contribution in [2.75, 3.05) is 0 Å². The van der Waals surface area contributed by atoms with Crippen molar-refractivity contribution < 1.29 is 0 Å². The van der Waals surface area contributed by atoms with Crippen molar-refractivity contribution in [1.29, 1.82) is 0 Å². The monoisotopic (exact) mass is 683 g/mol. The fraction of sp³-hybridized carbons (Fsp3) is 0. The highest BCUT2D eigenvalue weighted by Gasteiger charge is 2.18. The second kappa shape index (κ2) is 11.3. The van der Waals surface area contributed by atoms with E-state index in [-0.39, 0.29) is 0 Å². The fourth-order valence-electron chi connectivity index (χ4n) is 7.95. The van der Waals surface area contributed by atoms with Gasteiger partial charge in [-0.05, 0) is 94.0 Å². The lowest BCUT2D eigenvalue weighted by molar-refractivity contribution is 1.20. The lowest BCUT2D eigenvalue weighted by Crippen LogP contribution is -1.94. The van der Waals surface area contributed by atoms with Crippen LogP contribution in [0.15, 0.2) is 176 Å². The Morgan fingerprint density at radius 2 is 0.765 bits per heavy atom. The molecule has 0 N–H and O–H groups in total. The van der Waals surface area contributed by atoms with E-state index in [1.54, 1.807) is 0 Å². The zero-order valence-electron chi connectivity index (χ0n) is 27.5. The summed E-state index contributed by atoms with van der Waals surface area (Å²) in [4.78, 5) is 0. The molecule has 0 aliphatic carbocycles. The summed E-state index contributed by atoms with van der Waals surface area (Å²) < 4.78 is 7.78. The molecule has 0 saturated carbocycles. The van der Waals surface area contributed by atoms with Crippen molar-refractivity contribution in [2.24, 2.45) is 0 Å². The number of thiophene rings is 2. The van der Waals surface area contributed by atoms with Crippen LogP contribution in [0.5, 0.6) is 0 Å². The maximum atomic E-state index is 2.49. The van der Waals surface area contributed by atoms with Gasteiger partial charge in [0.05, 0.1) is 21.4 Å². The molecule has 8 aromatic carbocycles. The minimum absolute atomic E-state index is 1.22. The molecule has 0 aliphatic rings. The standard InChI is InChI=1S/C48H29NS2/c1-3-10-30(11-4-1)32-18-22-42-38(26-32)39-27-33(31-12-5-2-6-13-31)19-23-43(39)49(42)44-16-9-15-37-41-29-35(21-25-47(41)51-48(37)44)34-20-24-46-40(28-34)36-14-7-8-17-45(36)50-46/h1-29H. The number of nitrogens with zero attached hydrogens (tertiary/aromatic N) is 1. The van der Waals surface area contributed by atoms with Crippen molar-refractivity contribution in [2.45, 2.75) is 0 Å². The van der Waals surface area contributed by atoms with E-state index in [2.05, 4.69) is 180 Å². The zero-order valence-corrected chi connectivity index (χ0v) is 29.1. The van der Waals surface area contributed by atoms with Crippen LogP contribution in [0.4, 0.5) is 0 Å². The van der Waals surface area contributed by atoms with Gasteiger partial charge in [-0.1, -0.05) is 115 Å². The van der Waals surface area contributed by atoms with Gasteiger partial charge in [0.2, 0.25) is 0 Å². The maximum absolute atomic E-state index is 2.49. The van der Waals surface area contributed by atoms with Crippen molar-refractivity contribution in [3.63, 3.8) is 0 Å². The molecule has 11 rings (SSSR count). The summed E-state index contributed by atoms with van der Waals surface area (Å²) in [5.41, 5.74) is 11.1. The van der Waals surface area contributed by atoms with Crippen molar-refractivity contribution in [1.82, 2.24) is 4.57 Å². The third kappa shape index (κ3) is 4.52. The van der Waals surface area contributed by atoms with E-state index in [4.69, 9.17) is 0 Å². The SMILES string of the molecule is c1ccc(-c2ccc3c(c2)c2cc(-c4ccccc4)ccc2n3-c2cccc3c2sc2ccc(-c4ccc5sc6ccccc6c5c4)cc23)cc1. The second-order valence-electron chi connectivity index (χ2n) is 13.3. The first-order valence-electron chi connectivity index (χ1n) is 17.3. The van der Waals surface area contributed by atoms with Crippen molar-refractivity contribution in [3.8, 4) is 39.1 Å². The van der Waals surface area contributed by atoms with Gasteiger partial charge in [-0.15, -0.1) is 22.7 Å². The first-order chi connectivity index (χ1) is 25.3. The molecule has 0 aliphatic heterocycles. The summed E-state index contributed by atoms with van der Waals surface area (Å²) in [7, 11) is 0. The molecule has 1 nitrogen and oxygen atoms in total. The van der Waals surface area contributed by atoms with Crippen molar-refractivity contribution >= 4 is 84.8 Å². The summed E-state index contributed by atoms with van der Waals surface area (Å²) >= 11 is 3.77. The third-order valence-corrected chi connectivity index (χ3v) is 12.8. The summed E-state index contributed by atoms with van der Waals surface area (Å²) in [5.74, 6) is 0. The van der Waals surface area contributed by atoms with Gasteiger partial charge in [0, 0.05) is 46.4 Å². The minimum atomic E-state index is 1.22. The van der Waals surface area contributed by atoms with E-state index in [1.807, 2.05) is 22.7 Å². The molecule has 3 aromatic heterocycles. The molecule has 0 fully saturated rings. The molecule has 11 aromatic rings. The predicted octanol–water partition coefficient (Wildman–Crippen LogP) is 14.5. The van der Waals surface area contributed by atoms with Crippen LogP contribution in [0.1, 0.15) is 0 Å². The van der Waals surface area contributed by atoms with Crippen LogP contribution in [0.25, 0.3) is 101 Å². The van der Waals surface area contributed by atoms with Gasteiger partial charge in [0.25, 0.3) is 0 Å². The molecule has 0 bridgehead atoms. The molecule has 0 radical (unpaired) electrons. The van der Waals surface area contributed by atoms with E-state index >= 15 is 0 Å². The Morgan fingerprint density at radius 1 is 0.294 bits per heavy atom. The van der Waals surface area contributed by atoms with Gasteiger partial charge in [-0.25, -0.2) is 0 Å². The van der Waals surface area contributed by atoms with Gasteiger partial charge in [0.1, 0.15) is 0 Å². The molecule has 51 heavy (non-hydrogen) atoms. The number of fused-ring (bicyclic) bond motifs is 9. The molecule has 3 heterocycles. The van der Waals surface area contributed by atoms with E-state index in [0.29, 0.717) is 0 Å². The molecule has 238 valence electrons. The minimum Gasteiger partial charge on any atom is -0.308 e. The number of benzene rings is 8. The first kappa shape index (κ1) is 28.8. The smallest absolute Gasteiger partial charge is 0.0640 e. The molecule has 0 unspecified atom stereocenters. The Morgan fingerprint density at radius 3 is 1.41 bits per heavy atom. The van der Waals surface area contributed by atoms with Crippen LogP contribution in [0.2, 0.25) is 0 Å². The summed E-state index contributed by atoms with van der Waals surface area (Å²) in [6.07, 6.45) is 0. The molecule has 0 saturated heterocycles. The van der Waals surface area contributed by atoms with E-state index < -0.39 is 0 Å². The molecule has 3 heteroatoms. The third-order valence-electron chi connectivity index (χ3n) is 10.4. The molecule has 0 atom stereocenters. The lowest BCUT2D eigenvalue weighted by Gasteiger charge is -2.10. The van der Waals surface area contributed by atoms with Crippen molar-refractivity contribution in [3.05, 3.63) is 176 Å². The van der Waals surface area contributed by atoms with Crippen LogP contribution in [0, 0.1) is 0 Å². The Balaban J connectivity index is 1.12. The van der Waals surface area contributed by atoms with Gasteiger partial charge >= 0.3 is 0 Å². The van der Waals surface area contributed by atoms with Crippen LogP contribution in [-0.2, 0) is 0 Å². The van der Waals surface area contributed by atoms with E-state index in [1.165, 1.54) is 101 Å². The molecule has 0 spiro atoms. The largest absolute Gasteiger partial charge is 0.308 e. The molecular weight excluding hydrogens is 655 g/mol. The first-order valence-corrected chi connectivity index (χ1v) is 19.0. The highest BCUT2D eigenvalue weighted by Crippen LogP contribution is 2.44. The summed E-state index contributed by atoms with van der Waals surface area (Å²) in [5, 5.41) is 7.81. The Kier molecular flexibility index (Phi) is 6.36. The lowest BCUT2D eigenvalue weighted by atomic mass is 10.0. The Hall–Kier alpha value is -6.00. The molecule has 0 amide bonds. The summed E-state index contributed by atoms with van der Waals surface area (Å²) in [6.45, 7) is 0. The number of hydrogen-bond donors (Lipinski definition) is 0. The fourth-order valence-corrected chi connectivity index (χ4v) is 10.2. The number of aromatic nitrogens is 1. The van der Waals surface area contributed by atoms with Crippen LogP contribution >= 0.6 is 22.7 Å². The van der Waals surface area contributed by atoms with Crippen LogP contribution < -0.4 is 0 Å². The second-order valence-corrected chi connectivity index (χ2v) is 15.4. The number of hydrogen-bond acceptors (Lipinski definition) is 2. The van der Waals surface area contributed by atoms with E-state index in [0.717, 1.165) is 0 Å². The quantitative estimate of drug-likeness (QED) is 0.174. The average Bonchev–Trinajstić information content (AvgIpc) is 3.87. The number of rotatable bonds is 4. The van der Waals surface area contributed by atoms with Crippen LogP contribution in [0.3, 0.4) is 0 Å². The van der Waals surface area contributed by atoms with Gasteiger partial charge < -0.3 is 4.57 Å². The zero-order chi connectivity index (χ0) is 33.5. The van der Waals surface area contributed by atoms with E-state index in [9.17, 15) is 0 Å².